The van der Waals surface area contributed by atoms with Gasteiger partial charge in [-0.15, -0.1) is 0 Å². The number of non-ortho nitro benzene ring substituents is 2. The smallest absolute Gasteiger partial charge is 0.269 e. The van der Waals surface area contributed by atoms with Crippen LogP contribution < -0.4 is 9.80 Å². The molecule has 2 heterocycles. The van der Waals surface area contributed by atoms with Crippen molar-refractivity contribution in [2.45, 2.75) is 38.5 Å². The highest BCUT2D eigenvalue weighted by atomic mass is 16.6. The van der Waals surface area contributed by atoms with Crippen molar-refractivity contribution < 1.29 is 19.7 Å². The van der Waals surface area contributed by atoms with E-state index in [1.54, 1.807) is 36.4 Å². The van der Waals surface area contributed by atoms with Crippen LogP contribution in [0.2, 0.25) is 0 Å². The van der Waals surface area contributed by atoms with Gasteiger partial charge in [0.25, 0.3) is 11.4 Å². The second-order valence-corrected chi connectivity index (χ2v) is 11.0. The van der Waals surface area contributed by atoms with Crippen LogP contribution in [0.15, 0.2) is 71.3 Å². The van der Waals surface area contributed by atoms with Crippen LogP contribution in [0.3, 0.4) is 0 Å². The molecular formula is C28H28N4O6. The molecule has 10 nitrogen and oxygen atoms in total. The lowest BCUT2D eigenvalue weighted by Crippen LogP contribution is -2.33. The summed E-state index contributed by atoms with van der Waals surface area (Å²) in [6.45, 7) is 7.73. The van der Waals surface area contributed by atoms with Crippen molar-refractivity contribution in [3.8, 4) is 0 Å². The summed E-state index contributed by atoms with van der Waals surface area (Å²) < 4.78 is 0. The zero-order chi connectivity index (χ0) is 27.9. The fraction of sp³-hybridized carbons (Fsp3) is 0.321. The third-order valence-electron chi connectivity index (χ3n) is 8.18. The number of anilines is 2. The van der Waals surface area contributed by atoms with Gasteiger partial charge in [0.1, 0.15) is 11.7 Å². The molecule has 0 bridgehead atoms. The van der Waals surface area contributed by atoms with Gasteiger partial charge in [-0.1, -0.05) is 27.7 Å². The third-order valence-corrected chi connectivity index (χ3v) is 8.18. The summed E-state index contributed by atoms with van der Waals surface area (Å²) in [4.78, 5) is 38.8. The van der Waals surface area contributed by atoms with Gasteiger partial charge < -0.3 is 14.9 Å². The molecular weight excluding hydrogens is 488 g/mol. The highest BCUT2D eigenvalue weighted by molar-refractivity contribution is 6.10. The van der Waals surface area contributed by atoms with E-state index in [0.29, 0.717) is 0 Å². The number of hydrogen-bond donors (Lipinski definition) is 1. The Bertz CT molecular complexity index is 1550. The summed E-state index contributed by atoms with van der Waals surface area (Å²) >= 11 is 0. The lowest BCUT2D eigenvalue weighted by Gasteiger charge is -2.31. The number of allylic oxidation sites excluding steroid dienone is 5. The highest BCUT2D eigenvalue weighted by Crippen LogP contribution is 2.51. The fourth-order valence-electron chi connectivity index (χ4n) is 5.93. The molecule has 5 rings (SSSR count). The monoisotopic (exact) mass is 516 g/mol. The zero-order valence-electron chi connectivity index (χ0n) is 22.0. The van der Waals surface area contributed by atoms with Crippen molar-refractivity contribution in [2.75, 3.05) is 23.9 Å². The number of benzene rings is 2. The maximum Gasteiger partial charge on any atom is 0.269 e. The van der Waals surface area contributed by atoms with Gasteiger partial charge in [0.2, 0.25) is 0 Å². The zero-order valence-corrected chi connectivity index (χ0v) is 22.0. The molecule has 2 aliphatic heterocycles. The van der Waals surface area contributed by atoms with Crippen molar-refractivity contribution in [1.82, 2.24) is 0 Å². The summed E-state index contributed by atoms with van der Waals surface area (Å²) in [5, 5.41) is 33.6. The highest BCUT2D eigenvalue weighted by Gasteiger charge is 2.46. The normalized spacial score (nSPS) is 23.1. The molecule has 1 atom stereocenters. The van der Waals surface area contributed by atoms with E-state index >= 15 is 0 Å². The van der Waals surface area contributed by atoms with E-state index in [4.69, 9.17) is 0 Å². The molecule has 0 saturated carbocycles. The van der Waals surface area contributed by atoms with E-state index in [-0.39, 0.29) is 28.5 Å². The van der Waals surface area contributed by atoms with E-state index in [9.17, 15) is 30.1 Å². The van der Waals surface area contributed by atoms with Gasteiger partial charge in [-0.3, -0.25) is 25.0 Å². The molecule has 3 aliphatic rings. The third kappa shape index (κ3) is 3.36. The minimum Gasteiger partial charge on any atom is -0.510 e. The quantitative estimate of drug-likeness (QED) is 0.420. The number of ketones is 1. The second-order valence-electron chi connectivity index (χ2n) is 11.0. The average molecular weight is 517 g/mol. The molecule has 10 heteroatoms. The molecule has 0 amide bonds. The van der Waals surface area contributed by atoms with Crippen molar-refractivity contribution in [3.63, 3.8) is 0 Å². The molecule has 1 N–H and O–H groups in total. The van der Waals surface area contributed by atoms with Crippen LogP contribution in [0.5, 0.6) is 0 Å². The van der Waals surface area contributed by atoms with Gasteiger partial charge in [-0.2, -0.15) is 0 Å². The first-order valence-corrected chi connectivity index (χ1v) is 12.1. The SMILES string of the molecule is CN1/C(=C\C2=C(O)C(/C=C3\N(C)c4ccc([N+](=O)[O-])cc4C3(C)C)C2=O)C(C)(C)c2cc([N+](=O)[O-])ccc21. The summed E-state index contributed by atoms with van der Waals surface area (Å²) in [5.74, 6) is -1.12. The van der Waals surface area contributed by atoms with Gasteiger partial charge in [0, 0.05) is 72.0 Å². The van der Waals surface area contributed by atoms with Crippen LogP contribution in [-0.4, -0.2) is 34.8 Å². The van der Waals surface area contributed by atoms with Crippen LogP contribution in [-0.2, 0) is 15.6 Å². The first-order chi connectivity index (χ1) is 17.7. The Hall–Kier alpha value is -4.47. The predicted molar refractivity (Wildman–Crippen MR) is 143 cm³/mol. The van der Waals surface area contributed by atoms with E-state index in [0.717, 1.165) is 33.9 Å². The maximum absolute atomic E-state index is 13.3. The summed E-state index contributed by atoms with van der Waals surface area (Å²) in [7, 11) is 3.67. The minimum atomic E-state index is -0.832. The van der Waals surface area contributed by atoms with Gasteiger partial charge in [-0.05, 0) is 35.4 Å². The first kappa shape index (κ1) is 25.2. The number of aliphatic hydroxyl groups excluding tert-OH is 1. The number of carbonyl (C=O) groups excluding carboxylic acids is 1. The summed E-state index contributed by atoms with van der Waals surface area (Å²) in [6, 6.07) is 9.41. The minimum absolute atomic E-state index is 0.00234. The number of rotatable bonds is 4. The van der Waals surface area contributed by atoms with E-state index in [1.807, 2.05) is 51.6 Å². The molecule has 0 radical (unpaired) electrons. The van der Waals surface area contributed by atoms with Crippen LogP contribution in [0.25, 0.3) is 0 Å². The summed E-state index contributed by atoms with van der Waals surface area (Å²) in [6.07, 6.45) is 3.40. The number of nitrogens with zero attached hydrogens (tertiary/aromatic N) is 4. The second kappa shape index (κ2) is 8.01. The Kier molecular flexibility index (Phi) is 5.31. The Morgan fingerprint density at radius 1 is 0.842 bits per heavy atom. The van der Waals surface area contributed by atoms with Crippen LogP contribution >= 0.6 is 0 Å². The van der Waals surface area contributed by atoms with Crippen molar-refractivity contribution >= 4 is 28.5 Å². The fourth-order valence-corrected chi connectivity index (χ4v) is 5.93. The average Bonchev–Trinajstić information content (AvgIpc) is 3.17. The first-order valence-electron chi connectivity index (χ1n) is 12.1. The molecule has 0 fully saturated rings. The standard InChI is InChI=1S/C28H28N4O6/c1-27(2)19-11-15(31(35)36)7-9-21(19)29(5)23(27)13-17-25(33)18(26(17)34)14-24-28(3,4)20-12-16(32(37)38)8-10-22(20)30(24)6/h7-14,17,33H,1-6H3/b23-13-,24-14-. The van der Waals surface area contributed by atoms with Crippen LogP contribution in [0, 0.1) is 26.1 Å². The lowest BCUT2D eigenvalue weighted by molar-refractivity contribution is -0.385. The van der Waals surface area contributed by atoms with Crippen LogP contribution in [0.1, 0.15) is 38.8 Å². The number of hydrogen-bond acceptors (Lipinski definition) is 8. The molecule has 0 saturated heterocycles. The maximum atomic E-state index is 13.3. The van der Waals surface area contributed by atoms with Crippen molar-refractivity contribution in [1.29, 1.82) is 0 Å². The lowest BCUT2D eigenvalue weighted by atomic mass is 9.76. The number of fused-ring (bicyclic) bond motifs is 2. The molecule has 1 aliphatic carbocycles. The van der Waals surface area contributed by atoms with E-state index in [1.165, 1.54) is 12.1 Å². The molecule has 0 aromatic heterocycles. The Labute approximate surface area is 219 Å². The number of nitro groups is 2. The van der Waals surface area contributed by atoms with E-state index < -0.39 is 26.6 Å². The Morgan fingerprint density at radius 3 is 1.74 bits per heavy atom. The molecule has 2 aromatic rings. The number of Topliss-reactive ketones (excluding diaryl/α,β-unsaturated/α-hetero) is 1. The van der Waals surface area contributed by atoms with E-state index in [2.05, 4.69) is 0 Å². The molecule has 1 unspecified atom stereocenters. The number of nitro benzene ring substituents is 2. The van der Waals surface area contributed by atoms with Crippen molar-refractivity contribution in [2.24, 2.45) is 5.92 Å². The number of aliphatic hydroxyl groups is 1. The topological polar surface area (TPSA) is 130 Å². The molecule has 2 aromatic carbocycles. The number of carbonyl (C=O) groups is 1. The Morgan fingerprint density at radius 2 is 1.29 bits per heavy atom. The van der Waals surface area contributed by atoms with Gasteiger partial charge >= 0.3 is 0 Å². The van der Waals surface area contributed by atoms with Gasteiger partial charge in [0.15, 0.2) is 5.78 Å². The van der Waals surface area contributed by atoms with Gasteiger partial charge in [0.05, 0.1) is 15.4 Å². The summed E-state index contributed by atoms with van der Waals surface area (Å²) in [5.41, 5.74) is 3.62. The van der Waals surface area contributed by atoms with Gasteiger partial charge in [-0.25, -0.2) is 0 Å². The predicted octanol–water partition coefficient (Wildman–Crippen LogP) is 5.44. The Balaban J connectivity index is 1.50. The van der Waals surface area contributed by atoms with Crippen molar-refractivity contribution in [3.05, 3.63) is 103 Å². The number of likely N-dealkylation sites (N-methyl/N-ethyl adjacent to an activating group) is 2. The molecule has 196 valence electrons. The largest absolute Gasteiger partial charge is 0.510 e. The molecule has 0 spiro atoms. The molecule has 38 heavy (non-hydrogen) atoms. The van der Waals surface area contributed by atoms with Crippen LogP contribution in [0.4, 0.5) is 22.7 Å².